The lowest BCUT2D eigenvalue weighted by Crippen LogP contribution is -2.12. The molecule has 4 heteroatoms. The number of carbonyl (C=O) groups excluding carboxylic acids is 1. The molecule has 0 amide bonds. The van der Waals surface area contributed by atoms with Gasteiger partial charge in [0.25, 0.3) is 0 Å². The van der Waals surface area contributed by atoms with E-state index in [2.05, 4.69) is 20.8 Å². The van der Waals surface area contributed by atoms with E-state index in [4.69, 9.17) is 15.9 Å². The normalized spacial score (nSPS) is 11.1. The molecule has 0 saturated carbocycles. The van der Waals surface area contributed by atoms with Crippen LogP contribution in [0.1, 0.15) is 42.3 Å². The molecule has 4 nitrogen and oxygen atoms in total. The third-order valence-corrected chi connectivity index (χ3v) is 3.30. The summed E-state index contributed by atoms with van der Waals surface area (Å²) in [6, 6.07) is 14.0. The summed E-state index contributed by atoms with van der Waals surface area (Å²) in [6.45, 7) is 6.54. The number of hydrogen-bond donors (Lipinski definition) is 2. The number of benzene rings is 2. The second-order valence-electron chi connectivity index (χ2n) is 6.76. The van der Waals surface area contributed by atoms with E-state index in [1.165, 1.54) is 5.56 Å². The summed E-state index contributed by atoms with van der Waals surface area (Å²) in [5, 5.41) is 7.33. The van der Waals surface area contributed by atoms with E-state index in [1.807, 2.05) is 12.1 Å². The minimum absolute atomic E-state index is 0.0164. The second-order valence-corrected chi connectivity index (χ2v) is 6.76. The van der Waals surface area contributed by atoms with Gasteiger partial charge >= 0.3 is 5.97 Å². The molecule has 120 valence electrons. The molecule has 0 spiro atoms. The van der Waals surface area contributed by atoms with Crippen LogP contribution in [0.2, 0.25) is 0 Å². The smallest absolute Gasteiger partial charge is 0.343 e. The highest BCUT2D eigenvalue weighted by Crippen LogP contribution is 2.21. The van der Waals surface area contributed by atoms with Gasteiger partial charge in [0, 0.05) is 5.56 Å². The van der Waals surface area contributed by atoms with Crippen LogP contribution < -0.4 is 10.5 Å². The molecular weight excluding hydrogens is 288 g/mol. The first kappa shape index (κ1) is 16.7. The van der Waals surface area contributed by atoms with Crippen molar-refractivity contribution in [3.63, 3.8) is 0 Å². The molecule has 0 aliphatic carbocycles. The van der Waals surface area contributed by atoms with Gasteiger partial charge in [0.2, 0.25) is 0 Å². The zero-order valence-corrected chi connectivity index (χ0v) is 13.7. The van der Waals surface area contributed by atoms with Crippen molar-refractivity contribution < 1.29 is 9.53 Å². The molecule has 23 heavy (non-hydrogen) atoms. The van der Waals surface area contributed by atoms with Gasteiger partial charge in [-0.3, -0.25) is 5.41 Å². The Hall–Kier alpha value is -2.62. The Morgan fingerprint density at radius 3 is 2.00 bits per heavy atom. The van der Waals surface area contributed by atoms with Crippen molar-refractivity contribution in [1.29, 1.82) is 5.41 Å². The molecular formula is C19H22N2O2. The minimum Gasteiger partial charge on any atom is -0.423 e. The van der Waals surface area contributed by atoms with E-state index in [1.54, 1.807) is 36.4 Å². The molecule has 2 aromatic rings. The lowest BCUT2D eigenvalue weighted by atomic mass is 9.88. The maximum absolute atomic E-state index is 12.1. The maximum atomic E-state index is 12.1. The van der Waals surface area contributed by atoms with Crippen LogP contribution >= 0.6 is 0 Å². The third-order valence-electron chi connectivity index (χ3n) is 3.30. The number of hydrogen-bond acceptors (Lipinski definition) is 3. The number of esters is 1. The van der Waals surface area contributed by atoms with E-state index >= 15 is 0 Å². The number of rotatable bonds is 4. The van der Waals surface area contributed by atoms with Gasteiger partial charge in [-0.15, -0.1) is 0 Å². The zero-order chi connectivity index (χ0) is 17.0. The van der Waals surface area contributed by atoms with Crippen LogP contribution in [0.25, 0.3) is 0 Å². The quantitative estimate of drug-likeness (QED) is 0.390. The van der Waals surface area contributed by atoms with E-state index in [-0.39, 0.29) is 11.3 Å². The predicted molar refractivity (Wildman–Crippen MR) is 92.0 cm³/mol. The van der Waals surface area contributed by atoms with Crippen molar-refractivity contribution in [2.45, 2.75) is 27.2 Å². The van der Waals surface area contributed by atoms with Gasteiger partial charge in [-0.1, -0.05) is 32.9 Å². The number of ether oxygens (including phenoxy) is 1. The van der Waals surface area contributed by atoms with Crippen LogP contribution in [-0.4, -0.2) is 11.8 Å². The largest absolute Gasteiger partial charge is 0.423 e. The van der Waals surface area contributed by atoms with Gasteiger partial charge in [-0.05, 0) is 53.8 Å². The first-order valence-corrected chi connectivity index (χ1v) is 7.50. The Kier molecular flexibility index (Phi) is 4.84. The topological polar surface area (TPSA) is 76.2 Å². The summed E-state index contributed by atoms with van der Waals surface area (Å²) in [6.07, 6.45) is 0.953. The van der Waals surface area contributed by atoms with Crippen LogP contribution in [0.3, 0.4) is 0 Å². The van der Waals surface area contributed by atoms with Crippen molar-refractivity contribution in [2.24, 2.45) is 11.1 Å². The molecule has 0 saturated heterocycles. The molecule has 0 aliphatic rings. The molecule has 0 atom stereocenters. The molecule has 0 radical (unpaired) electrons. The van der Waals surface area contributed by atoms with Crippen molar-refractivity contribution in [3.8, 4) is 5.75 Å². The number of nitrogens with two attached hydrogens (primary N) is 1. The summed E-state index contributed by atoms with van der Waals surface area (Å²) in [5.74, 6) is 0.0129. The van der Waals surface area contributed by atoms with Gasteiger partial charge in [-0.2, -0.15) is 0 Å². The number of amidine groups is 1. The summed E-state index contributed by atoms with van der Waals surface area (Å²) in [5.41, 5.74) is 7.90. The molecule has 0 aliphatic heterocycles. The molecule has 0 unspecified atom stereocenters. The van der Waals surface area contributed by atoms with Gasteiger partial charge < -0.3 is 10.5 Å². The Balaban J connectivity index is 2.04. The minimum atomic E-state index is -0.400. The Labute approximate surface area is 136 Å². The van der Waals surface area contributed by atoms with Crippen LogP contribution in [0.15, 0.2) is 48.5 Å². The zero-order valence-electron chi connectivity index (χ0n) is 13.7. The summed E-state index contributed by atoms with van der Waals surface area (Å²) in [7, 11) is 0. The van der Waals surface area contributed by atoms with E-state index in [0.717, 1.165) is 6.42 Å². The van der Waals surface area contributed by atoms with E-state index in [0.29, 0.717) is 16.9 Å². The van der Waals surface area contributed by atoms with Crippen LogP contribution in [0.5, 0.6) is 5.75 Å². The molecule has 0 bridgehead atoms. The Morgan fingerprint density at radius 2 is 1.52 bits per heavy atom. The first-order valence-electron chi connectivity index (χ1n) is 7.50. The summed E-state index contributed by atoms with van der Waals surface area (Å²) < 4.78 is 5.33. The molecule has 3 N–H and O–H groups in total. The van der Waals surface area contributed by atoms with E-state index in [9.17, 15) is 4.79 Å². The monoisotopic (exact) mass is 310 g/mol. The van der Waals surface area contributed by atoms with Crippen LogP contribution in [-0.2, 0) is 6.42 Å². The average molecular weight is 310 g/mol. The van der Waals surface area contributed by atoms with Gasteiger partial charge in [-0.25, -0.2) is 4.79 Å². The Morgan fingerprint density at radius 1 is 1.00 bits per heavy atom. The second kappa shape index (κ2) is 6.65. The van der Waals surface area contributed by atoms with Crippen LogP contribution in [0.4, 0.5) is 0 Å². The number of nitrogen functional groups attached to an aromatic ring is 1. The highest BCUT2D eigenvalue weighted by molar-refractivity contribution is 5.95. The standard InChI is InChI=1S/C19H22N2O2/c1-19(2,3)12-13-4-6-15(7-5-13)18(22)23-16-10-8-14(9-11-16)17(20)21/h4-11H,12H2,1-3H3,(H3,20,21). The van der Waals surface area contributed by atoms with E-state index < -0.39 is 5.97 Å². The van der Waals surface area contributed by atoms with Crippen molar-refractivity contribution in [1.82, 2.24) is 0 Å². The van der Waals surface area contributed by atoms with Crippen molar-refractivity contribution >= 4 is 11.8 Å². The fraction of sp³-hybridized carbons (Fsp3) is 0.263. The maximum Gasteiger partial charge on any atom is 0.343 e. The number of nitrogens with one attached hydrogen (secondary N) is 1. The molecule has 0 heterocycles. The molecule has 2 aromatic carbocycles. The lowest BCUT2D eigenvalue weighted by molar-refractivity contribution is 0.0735. The predicted octanol–water partition coefficient (Wildman–Crippen LogP) is 3.78. The molecule has 0 fully saturated rings. The fourth-order valence-electron chi connectivity index (χ4n) is 2.24. The summed E-state index contributed by atoms with van der Waals surface area (Å²) >= 11 is 0. The lowest BCUT2D eigenvalue weighted by Gasteiger charge is -2.18. The van der Waals surface area contributed by atoms with Gasteiger partial charge in [0.1, 0.15) is 11.6 Å². The van der Waals surface area contributed by atoms with Crippen molar-refractivity contribution in [2.75, 3.05) is 0 Å². The number of carbonyl (C=O) groups is 1. The van der Waals surface area contributed by atoms with Crippen molar-refractivity contribution in [3.05, 3.63) is 65.2 Å². The summed E-state index contributed by atoms with van der Waals surface area (Å²) in [4.78, 5) is 12.1. The highest BCUT2D eigenvalue weighted by Gasteiger charge is 2.13. The Bertz CT molecular complexity index is 696. The van der Waals surface area contributed by atoms with Crippen LogP contribution in [0, 0.1) is 10.8 Å². The third kappa shape index (κ3) is 4.95. The van der Waals surface area contributed by atoms with Gasteiger partial charge in [0.05, 0.1) is 5.56 Å². The SMILES string of the molecule is CC(C)(C)Cc1ccc(C(=O)Oc2ccc(C(=N)N)cc2)cc1. The first-order chi connectivity index (χ1) is 10.7. The highest BCUT2D eigenvalue weighted by atomic mass is 16.5. The fourth-order valence-corrected chi connectivity index (χ4v) is 2.24. The molecule has 0 aromatic heterocycles. The average Bonchev–Trinajstić information content (AvgIpc) is 2.46. The molecule has 2 rings (SSSR count). The van der Waals surface area contributed by atoms with Gasteiger partial charge in [0.15, 0.2) is 0 Å².